The Morgan fingerprint density at radius 1 is 1.64 bits per heavy atom. The number of fused-ring (bicyclic) bond motifs is 1. The molecule has 0 heterocycles. The Kier molecular flexibility index (Phi) is 2.36. The Labute approximate surface area is 85.6 Å². The van der Waals surface area contributed by atoms with Crippen LogP contribution in [0.4, 0.5) is 0 Å². The summed E-state index contributed by atoms with van der Waals surface area (Å²) in [5.74, 6) is 1.59. The van der Waals surface area contributed by atoms with E-state index in [2.05, 4.69) is 19.9 Å². The lowest BCUT2D eigenvalue weighted by Gasteiger charge is -2.56. The van der Waals surface area contributed by atoms with Crippen LogP contribution in [0, 0.1) is 28.6 Å². The lowest BCUT2D eigenvalue weighted by atomic mass is 9.49. The molecule has 0 aromatic carbocycles. The molecule has 2 atom stereocenters. The van der Waals surface area contributed by atoms with Crippen molar-refractivity contribution in [1.29, 1.82) is 5.26 Å². The number of nitrogens with zero attached hydrogens (tertiary/aromatic N) is 1. The largest absolute Gasteiger partial charge is 0.362 e. The fraction of sp³-hybridized carbons (Fsp3) is 0.750. The van der Waals surface area contributed by atoms with Crippen LogP contribution in [-0.4, -0.2) is 13.2 Å². The predicted molar refractivity (Wildman–Crippen MR) is 54.5 cm³/mol. The van der Waals surface area contributed by atoms with Crippen molar-refractivity contribution in [2.45, 2.75) is 26.7 Å². The van der Waals surface area contributed by atoms with Crippen LogP contribution >= 0.6 is 0 Å². The van der Waals surface area contributed by atoms with Crippen LogP contribution < -0.4 is 0 Å². The van der Waals surface area contributed by atoms with Gasteiger partial charge in [-0.2, -0.15) is 5.26 Å². The van der Waals surface area contributed by atoms with E-state index >= 15 is 0 Å². The minimum Gasteiger partial charge on any atom is -0.362 e. The number of allylic oxidation sites excluding steroid dienone is 1. The molecule has 2 bridgehead atoms. The molecule has 0 radical (unpaired) electrons. The minimum absolute atomic E-state index is 0.216. The maximum atomic E-state index is 8.38. The Bertz CT molecular complexity index is 298. The van der Waals surface area contributed by atoms with Crippen LogP contribution in [0.2, 0.25) is 0 Å². The number of hydrogen-bond acceptors (Lipinski definition) is 2. The first-order valence-corrected chi connectivity index (χ1v) is 5.30. The molecule has 0 saturated heterocycles. The minimum atomic E-state index is 0.216. The van der Waals surface area contributed by atoms with Crippen molar-refractivity contribution in [3.63, 3.8) is 0 Å². The fourth-order valence-electron chi connectivity index (χ4n) is 2.86. The van der Waals surface area contributed by atoms with Crippen LogP contribution in [0.15, 0.2) is 11.6 Å². The molecule has 3 rings (SSSR count). The van der Waals surface area contributed by atoms with Crippen LogP contribution in [0.5, 0.6) is 0 Å². The van der Waals surface area contributed by atoms with E-state index in [1.807, 2.05) is 6.07 Å². The molecule has 76 valence electrons. The van der Waals surface area contributed by atoms with Gasteiger partial charge in [-0.05, 0) is 35.7 Å². The summed E-state index contributed by atoms with van der Waals surface area (Å²) >= 11 is 0. The smallest absolute Gasteiger partial charge is 0.134 e. The molecule has 0 N–H and O–H groups in total. The fourth-order valence-corrected chi connectivity index (χ4v) is 2.86. The third kappa shape index (κ3) is 1.36. The van der Waals surface area contributed by atoms with Crippen molar-refractivity contribution in [3.8, 4) is 6.07 Å². The molecule has 0 aromatic heterocycles. The highest BCUT2D eigenvalue weighted by molar-refractivity contribution is 5.23. The molecular formula is C12H17NO. The van der Waals surface area contributed by atoms with Crippen LogP contribution in [0.25, 0.3) is 0 Å². The number of ether oxygens (including phenoxy) is 1. The SMILES string of the molecule is CC1(C)C2CC=C(COCC#N)C1C2. The molecule has 0 aromatic rings. The summed E-state index contributed by atoms with van der Waals surface area (Å²) in [7, 11) is 0. The molecule has 0 aliphatic heterocycles. The van der Waals surface area contributed by atoms with Gasteiger partial charge in [0.2, 0.25) is 0 Å². The van der Waals surface area contributed by atoms with Crippen LogP contribution in [-0.2, 0) is 4.74 Å². The van der Waals surface area contributed by atoms with E-state index in [1.165, 1.54) is 18.4 Å². The number of nitriles is 1. The molecule has 3 aliphatic carbocycles. The second-order valence-electron chi connectivity index (χ2n) is 4.97. The summed E-state index contributed by atoms with van der Waals surface area (Å²) < 4.78 is 5.28. The van der Waals surface area contributed by atoms with Gasteiger partial charge in [0.15, 0.2) is 0 Å². The number of hydrogen-bond donors (Lipinski definition) is 0. The van der Waals surface area contributed by atoms with E-state index in [4.69, 9.17) is 10.00 Å². The zero-order chi connectivity index (χ0) is 10.2. The molecule has 0 spiro atoms. The summed E-state index contributed by atoms with van der Waals surface area (Å²) in [6.45, 7) is 5.58. The molecular weight excluding hydrogens is 174 g/mol. The van der Waals surface area contributed by atoms with E-state index < -0.39 is 0 Å². The topological polar surface area (TPSA) is 33.0 Å². The summed E-state index contributed by atoms with van der Waals surface area (Å²) in [5.41, 5.74) is 1.90. The first-order valence-electron chi connectivity index (χ1n) is 5.30. The van der Waals surface area contributed by atoms with Gasteiger partial charge in [-0.25, -0.2) is 0 Å². The quantitative estimate of drug-likeness (QED) is 0.507. The van der Waals surface area contributed by atoms with Crippen molar-refractivity contribution in [1.82, 2.24) is 0 Å². The van der Waals surface area contributed by atoms with Crippen LogP contribution in [0.1, 0.15) is 26.7 Å². The first-order chi connectivity index (χ1) is 6.66. The van der Waals surface area contributed by atoms with E-state index in [-0.39, 0.29) is 6.61 Å². The molecule has 2 nitrogen and oxygen atoms in total. The zero-order valence-electron chi connectivity index (χ0n) is 8.92. The number of rotatable bonds is 3. The molecule has 0 amide bonds. The lowest BCUT2D eigenvalue weighted by molar-refractivity contribution is -0.0159. The third-order valence-corrected chi connectivity index (χ3v) is 4.02. The van der Waals surface area contributed by atoms with Crippen LogP contribution in [0.3, 0.4) is 0 Å². The Morgan fingerprint density at radius 3 is 3.00 bits per heavy atom. The van der Waals surface area contributed by atoms with Gasteiger partial charge in [0.1, 0.15) is 6.61 Å². The highest BCUT2D eigenvalue weighted by Gasteiger charge is 2.50. The molecule has 1 saturated carbocycles. The van der Waals surface area contributed by atoms with Gasteiger partial charge in [-0.15, -0.1) is 0 Å². The van der Waals surface area contributed by atoms with Crippen molar-refractivity contribution >= 4 is 0 Å². The average Bonchev–Trinajstić information content (AvgIpc) is 2.18. The van der Waals surface area contributed by atoms with Gasteiger partial charge in [-0.1, -0.05) is 19.9 Å². The van der Waals surface area contributed by atoms with Gasteiger partial charge < -0.3 is 4.74 Å². The maximum absolute atomic E-state index is 8.38. The maximum Gasteiger partial charge on any atom is 0.134 e. The van der Waals surface area contributed by atoms with Gasteiger partial charge in [-0.3, -0.25) is 0 Å². The third-order valence-electron chi connectivity index (χ3n) is 4.02. The second-order valence-corrected chi connectivity index (χ2v) is 4.97. The van der Waals surface area contributed by atoms with Crippen molar-refractivity contribution in [3.05, 3.63) is 11.6 Å². The summed E-state index contributed by atoms with van der Waals surface area (Å²) in [6, 6.07) is 2.01. The molecule has 14 heavy (non-hydrogen) atoms. The van der Waals surface area contributed by atoms with Gasteiger partial charge in [0.05, 0.1) is 12.7 Å². The van der Waals surface area contributed by atoms with Crippen molar-refractivity contribution in [2.24, 2.45) is 17.3 Å². The molecule has 3 aliphatic rings. The van der Waals surface area contributed by atoms with Crippen molar-refractivity contribution < 1.29 is 4.74 Å². The monoisotopic (exact) mass is 191 g/mol. The van der Waals surface area contributed by atoms with E-state index in [0.717, 1.165) is 5.92 Å². The van der Waals surface area contributed by atoms with E-state index in [1.54, 1.807) is 0 Å². The molecule has 1 fully saturated rings. The molecule has 2 unspecified atom stereocenters. The van der Waals surface area contributed by atoms with Gasteiger partial charge in [0, 0.05) is 0 Å². The Hall–Kier alpha value is -0.810. The first kappa shape index (κ1) is 9.73. The van der Waals surface area contributed by atoms with Gasteiger partial charge in [0.25, 0.3) is 0 Å². The highest BCUT2D eigenvalue weighted by atomic mass is 16.5. The summed E-state index contributed by atoms with van der Waals surface area (Å²) in [5, 5.41) is 8.38. The standard InChI is InChI=1S/C12H17NO/c1-12(2)10-4-3-9(11(12)7-10)8-14-6-5-13/h3,10-11H,4,6-8H2,1-2H3. The lowest BCUT2D eigenvalue weighted by Crippen LogP contribution is -2.48. The van der Waals surface area contributed by atoms with Gasteiger partial charge >= 0.3 is 0 Å². The normalized spacial score (nSPS) is 32.8. The predicted octanol–water partition coefficient (Wildman–Crippen LogP) is 2.52. The van der Waals surface area contributed by atoms with E-state index in [0.29, 0.717) is 17.9 Å². The average molecular weight is 191 g/mol. The second kappa shape index (κ2) is 3.40. The Morgan fingerprint density at radius 2 is 2.43 bits per heavy atom. The highest BCUT2D eigenvalue weighted by Crippen LogP contribution is 2.59. The zero-order valence-corrected chi connectivity index (χ0v) is 8.92. The molecule has 2 heteroatoms. The van der Waals surface area contributed by atoms with Crippen molar-refractivity contribution in [2.75, 3.05) is 13.2 Å². The van der Waals surface area contributed by atoms with E-state index in [9.17, 15) is 0 Å². The summed E-state index contributed by atoms with van der Waals surface area (Å²) in [6.07, 6.45) is 4.85. The Balaban J connectivity index is 1.94. The summed E-state index contributed by atoms with van der Waals surface area (Å²) in [4.78, 5) is 0.